The Kier molecular flexibility index (Phi) is 14.5. The summed E-state index contributed by atoms with van der Waals surface area (Å²) < 4.78 is 17.4. The molecular formula is C18H37NO5. The van der Waals surface area contributed by atoms with Gasteiger partial charge in [0.05, 0.1) is 25.9 Å². The Morgan fingerprint density at radius 3 is 1.96 bits per heavy atom. The number of hydrogen-bond donors (Lipinski definition) is 2. The van der Waals surface area contributed by atoms with Crippen molar-refractivity contribution in [1.82, 2.24) is 0 Å². The summed E-state index contributed by atoms with van der Waals surface area (Å²) in [5, 5.41) is 10.5. The Morgan fingerprint density at radius 1 is 1.00 bits per heavy atom. The van der Waals surface area contributed by atoms with Gasteiger partial charge in [0.1, 0.15) is 12.4 Å². The summed E-state index contributed by atoms with van der Waals surface area (Å²) in [7, 11) is 0. The quantitative estimate of drug-likeness (QED) is 0.238. The molecule has 0 aliphatic heterocycles. The molecule has 0 fully saturated rings. The predicted molar refractivity (Wildman–Crippen MR) is 94.8 cm³/mol. The second-order valence-electron chi connectivity index (χ2n) is 6.08. The molecule has 0 bridgehead atoms. The maximum Gasteiger partial charge on any atom is 0.212 e. The highest BCUT2D eigenvalue weighted by Gasteiger charge is 2.46. The minimum absolute atomic E-state index is 0.0824. The third-order valence-corrected chi connectivity index (χ3v) is 3.89. The van der Waals surface area contributed by atoms with E-state index in [1.165, 1.54) is 0 Å². The minimum Gasteiger partial charge on any atom is -0.387 e. The first-order valence-corrected chi connectivity index (χ1v) is 9.31. The van der Waals surface area contributed by atoms with Gasteiger partial charge in [-0.2, -0.15) is 0 Å². The molecule has 0 aromatic heterocycles. The van der Waals surface area contributed by atoms with Crippen LogP contribution in [0.25, 0.3) is 0 Å². The molecule has 0 heterocycles. The highest BCUT2D eigenvalue weighted by atomic mass is 16.7. The van der Waals surface area contributed by atoms with Crippen LogP contribution in [0.15, 0.2) is 0 Å². The van der Waals surface area contributed by atoms with Gasteiger partial charge in [0.25, 0.3) is 0 Å². The molecule has 6 nitrogen and oxygen atoms in total. The maximum absolute atomic E-state index is 10.9. The van der Waals surface area contributed by atoms with Gasteiger partial charge >= 0.3 is 0 Å². The third-order valence-electron chi connectivity index (χ3n) is 3.89. The first-order chi connectivity index (χ1) is 11.6. The molecule has 144 valence electrons. The van der Waals surface area contributed by atoms with Crippen LogP contribution in [-0.2, 0) is 19.0 Å². The van der Waals surface area contributed by atoms with Crippen LogP contribution in [-0.4, -0.2) is 55.8 Å². The summed E-state index contributed by atoms with van der Waals surface area (Å²) in [5.41, 5.74) is 6.28. The van der Waals surface area contributed by atoms with Gasteiger partial charge in [-0.15, -0.1) is 0 Å². The fraction of sp³-hybridized carbons (Fsp3) is 0.944. The van der Waals surface area contributed by atoms with Gasteiger partial charge in [-0.3, -0.25) is 0 Å². The normalized spacial score (nSPS) is 14.5. The topological polar surface area (TPSA) is 91.0 Å². The number of rotatable bonds is 17. The average molecular weight is 347 g/mol. The number of aliphatic hydroxyl groups excluding tert-OH is 1. The van der Waals surface area contributed by atoms with Crippen LogP contribution in [0.5, 0.6) is 0 Å². The fourth-order valence-corrected chi connectivity index (χ4v) is 2.28. The lowest BCUT2D eigenvalue weighted by atomic mass is 9.99. The minimum atomic E-state index is -1.41. The van der Waals surface area contributed by atoms with Crippen LogP contribution in [0.2, 0.25) is 0 Å². The van der Waals surface area contributed by atoms with Gasteiger partial charge in [-0.1, -0.05) is 40.0 Å². The summed E-state index contributed by atoms with van der Waals surface area (Å²) >= 11 is 0. The number of aliphatic hydroxyl groups is 1. The molecule has 0 saturated heterocycles. The Morgan fingerprint density at radius 2 is 1.50 bits per heavy atom. The van der Waals surface area contributed by atoms with Crippen molar-refractivity contribution < 1.29 is 24.1 Å². The summed E-state index contributed by atoms with van der Waals surface area (Å²) in [6.07, 6.45) is 5.02. The molecule has 0 saturated carbocycles. The van der Waals surface area contributed by atoms with Crippen molar-refractivity contribution in [3.8, 4) is 0 Å². The SMILES string of the molecule is CCCCOCC(N)C(OCCCC)(OCCCC)[C@H](O)CC=O. The number of unbranched alkanes of at least 4 members (excludes halogenated alkanes) is 3. The lowest BCUT2D eigenvalue weighted by Crippen LogP contribution is -2.62. The van der Waals surface area contributed by atoms with E-state index in [4.69, 9.17) is 19.9 Å². The van der Waals surface area contributed by atoms with E-state index in [2.05, 4.69) is 20.8 Å². The van der Waals surface area contributed by atoms with Crippen LogP contribution in [0.4, 0.5) is 0 Å². The van der Waals surface area contributed by atoms with E-state index >= 15 is 0 Å². The summed E-state index contributed by atoms with van der Waals surface area (Å²) in [4.78, 5) is 10.9. The number of carbonyl (C=O) groups is 1. The highest BCUT2D eigenvalue weighted by Crippen LogP contribution is 2.26. The first-order valence-electron chi connectivity index (χ1n) is 9.31. The fourth-order valence-electron chi connectivity index (χ4n) is 2.28. The van der Waals surface area contributed by atoms with E-state index in [0.717, 1.165) is 38.5 Å². The molecule has 0 rings (SSSR count). The Balaban J connectivity index is 5.06. The van der Waals surface area contributed by atoms with Crippen LogP contribution >= 0.6 is 0 Å². The molecule has 0 spiro atoms. The van der Waals surface area contributed by atoms with Crippen molar-refractivity contribution in [3.63, 3.8) is 0 Å². The van der Waals surface area contributed by atoms with E-state index in [0.29, 0.717) is 26.1 Å². The van der Waals surface area contributed by atoms with Crippen molar-refractivity contribution >= 4 is 6.29 Å². The van der Waals surface area contributed by atoms with E-state index in [1.807, 2.05) is 0 Å². The molecule has 2 atom stereocenters. The molecular weight excluding hydrogens is 310 g/mol. The predicted octanol–water partition coefficient (Wildman–Crippen LogP) is 2.41. The lowest BCUT2D eigenvalue weighted by Gasteiger charge is -2.41. The van der Waals surface area contributed by atoms with Crippen LogP contribution < -0.4 is 5.73 Å². The molecule has 0 amide bonds. The zero-order valence-corrected chi connectivity index (χ0v) is 15.7. The van der Waals surface area contributed by atoms with E-state index in [9.17, 15) is 9.90 Å². The summed E-state index contributed by atoms with van der Waals surface area (Å²) in [5.74, 6) is -1.41. The van der Waals surface area contributed by atoms with Crippen LogP contribution in [0.3, 0.4) is 0 Å². The van der Waals surface area contributed by atoms with Crippen molar-refractivity contribution in [2.45, 2.75) is 83.6 Å². The van der Waals surface area contributed by atoms with Crippen molar-refractivity contribution in [3.05, 3.63) is 0 Å². The largest absolute Gasteiger partial charge is 0.387 e. The van der Waals surface area contributed by atoms with Gasteiger partial charge in [-0.05, 0) is 19.3 Å². The van der Waals surface area contributed by atoms with Gasteiger partial charge in [0, 0.05) is 13.0 Å². The van der Waals surface area contributed by atoms with Gasteiger partial charge in [-0.25, -0.2) is 0 Å². The number of nitrogens with two attached hydrogens (primary N) is 1. The Labute approximate surface area is 147 Å². The Hall–Kier alpha value is -0.530. The second kappa shape index (κ2) is 14.8. The molecule has 3 N–H and O–H groups in total. The summed E-state index contributed by atoms with van der Waals surface area (Å²) in [6.45, 7) is 7.85. The van der Waals surface area contributed by atoms with Gasteiger partial charge < -0.3 is 29.8 Å². The average Bonchev–Trinajstić information content (AvgIpc) is 2.57. The molecule has 1 unspecified atom stereocenters. The maximum atomic E-state index is 10.9. The number of ether oxygens (including phenoxy) is 3. The zero-order valence-electron chi connectivity index (χ0n) is 15.7. The smallest absolute Gasteiger partial charge is 0.212 e. The first kappa shape index (κ1) is 23.5. The summed E-state index contributed by atoms with van der Waals surface area (Å²) in [6, 6.07) is -0.669. The van der Waals surface area contributed by atoms with Crippen LogP contribution in [0.1, 0.15) is 65.7 Å². The van der Waals surface area contributed by atoms with E-state index in [1.54, 1.807) is 0 Å². The molecule has 0 aromatic carbocycles. The lowest BCUT2D eigenvalue weighted by molar-refractivity contribution is -0.298. The molecule has 0 aliphatic rings. The monoisotopic (exact) mass is 347 g/mol. The molecule has 0 aromatic rings. The second-order valence-corrected chi connectivity index (χ2v) is 6.08. The third kappa shape index (κ3) is 8.53. The van der Waals surface area contributed by atoms with Crippen LogP contribution in [0, 0.1) is 0 Å². The van der Waals surface area contributed by atoms with E-state index in [-0.39, 0.29) is 13.0 Å². The van der Waals surface area contributed by atoms with E-state index < -0.39 is 17.9 Å². The molecule has 6 heteroatoms. The number of aldehydes is 1. The van der Waals surface area contributed by atoms with Gasteiger partial charge in [0.15, 0.2) is 0 Å². The highest BCUT2D eigenvalue weighted by molar-refractivity contribution is 5.50. The van der Waals surface area contributed by atoms with Gasteiger partial charge in [0.2, 0.25) is 5.79 Å². The molecule has 24 heavy (non-hydrogen) atoms. The number of carbonyl (C=O) groups excluding carboxylic acids is 1. The van der Waals surface area contributed by atoms with Crippen molar-refractivity contribution in [2.24, 2.45) is 5.73 Å². The van der Waals surface area contributed by atoms with Crippen molar-refractivity contribution in [1.29, 1.82) is 0 Å². The molecule has 0 aliphatic carbocycles. The number of hydrogen-bond acceptors (Lipinski definition) is 6. The standard InChI is InChI=1S/C18H37NO5/c1-4-7-12-22-15-16(19)18(17(21)10-11-20,23-13-8-5-2)24-14-9-6-3/h11,16-17,21H,4-10,12-15,19H2,1-3H3/t16?,17-/m1/s1. The molecule has 0 radical (unpaired) electrons. The van der Waals surface area contributed by atoms with Crippen molar-refractivity contribution in [2.75, 3.05) is 26.4 Å². The zero-order chi connectivity index (χ0) is 18.3. The Bertz CT molecular complexity index is 291.